The van der Waals surface area contributed by atoms with E-state index in [-0.39, 0.29) is 62.8 Å². The Hall–Kier alpha value is -12.7. The number of hydrogen-bond acceptors (Lipinski definition) is 10. The second-order valence-electron chi connectivity index (χ2n) is 24.1. The van der Waals surface area contributed by atoms with E-state index in [1.807, 2.05) is 48.5 Å². The summed E-state index contributed by atoms with van der Waals surface area (Å²) in [6, 6.07) is 91.6. The Morgan fingerprint density at radius 1 is 0.340 bits per heavy atom. The molecular formula is C86H57B3F6O10P. The van der Waals surface area contributed by atoms with Crippen LogP contribution in [-0.2, 0) is 10.8 Å². The fourth-order valence-corrected chi connectivity index (χ4v) is 13.3. The third-order valence-corrected chi connectivity index (χ3v) is 17.9. The Morgan fingerprint density at radius 2 is 0.538 bits per heavy atom. The van der Waals surface area contributed by atoms with E-state index in [1.165, 1.54) is 142 Å². The van der Waals surface area contributed by atoms with Crippen molar-refractivity contribution in [3.8, 4) is 51.0 Å². The molecule has 16 rings (SSSR count). The van der Waals surface area contributed by atoms with Crippen molar-refractivity contribution < 1.29 is 74.2 Å². The van der Waals surface area contributed by atoms with E-state index in [4.69, 9.17) is 13.6 Å². The molecule has 517 valence electrons. The minimum absolute atomic E-state index is 0.00451. The van der Waals surface area contributed by atoms with E-state index < -0.39 is 52.8 Å². The molecule has 2 aromatic heterocycles. The number of benzene rings is 12. The van der Waals surface area contributed by atoms with Gasteiger partial charge in [-0.3, -0.25) is 27.8 Å². The second-order valence-corrected chi connectivity index (χ2v) is 24.4. The van der Waals surface area contributed by atoms with Crippen molar-refractivity contribution in [2.24, 2.45) is 0 Å². The number of fused-ring (bicyclic) bond motifs is 6. The number of furan rings is 2. The van der Waals surface area contributed by atoms with Gasteiger partial charge in [-0.1, -0.05) is 146 Å². The largest absolute Gasteiger partial charge is 0.508 e. The average Bonchev–Trinajstić information content (AvgIpc) is 1.52. The molecule has 0 saturated heterocycles. The molecule has 1 atom stereocenters. The minimum Gasteiger partial charge on any atom is -0.508 e. The van der Waals surface area contributed by atoms with E-state index in [2.05, 4.69) is 117 Å². The van der Waals surface area contributed by atoms with Crippen molar-refractivity contribution in [2.45, 2.75) is 10.8 Å². The first kappa shape index (κ1) is 73.1. The molecule has 2 aliphatic carbocycles. The van der Waals surface area contributed by atoms with Crippen LogP contribution in [0.4, 0.5) is 26.1 Å². The molecule has 20 heteroatoms. The monoisotopic (exact) mass is 1430 g/mol. The van der Waals surface area contributed by atoms with Crippen molar-refractivity contribution in [1.29, 1.82) is 0 Å². The number of phenolic OH excluding ortho intramolecular Hbond substituents is 3. The molecule has 0 bridgehead atoms. The lowest BCUT2D eigenvalue weighted by atomic mass is 9.68. The molecule has 0 fully saturated rings. The predicted octanol–water partition coefficient (Wildman–Crippen LogP) is 19.7. The number of carbonyl (C=O) groups excluding carboxylic acids is 4. The van der Waals surface area contributed by atoms with Crippen molar-refractivity contribution in [3.63, 3.8) is 0 Å². The molecule has 0 aliphatic heterocycles. The summed E-state index contributed by atoms with van der Waals surface area (Å²) in [4.78, 5) is 50.2. The van der Waals surface area contributed by atoms with Crippen LogP contribution in [0.25, 0.3) is 22.3 Å². The first-order valence-corrected chi connectivity index (χ1v) is 33.5. The van der Waals surface area contributed by atoms with Crippen LogP contribution in [0.15, 0.2) is 324 Å². The fraction of sp³-hybridized carbons (Fsp3) is 0.0233. The van der Waals surface area contributed by atoms with E-state index in [0.717, 1.165) is 22.3 Å². The number of ether oxygens (including phenoxy) is 1. The molecule has 2 aliphatic rings. The number of aromatic hydroxyl groups is 3. The second kappa shape index (κ2) is 32.3. The van der Waals surface area contributed by atoms with E-state index in [0.29, 0.717) is 24.3 Å². The van der Waals surface area contributed by atoms with Crippen LogP contribution in [0.5, 0.6) is 28.7 Å². The highest BCUT2D eigenvalue weighted by Crippen LogP contribution is 2.58. The molecule has 10 nitrogen and oxygen atoms in total. The number of hydrogen-bond donors (Lipinski definition) is 3. The molecule has 12 aromatic carbocycles. The predicted molar refractivity (Wildman–Crippen MR) is 400 cm³/mol. The van der Waals surface area contributed by atoms with Crippen molar-refractivity contribution in [3.05, 3.63) is 423 Å². The van der Waals surface area contributed by atoms with Gasteiger partial charge in [-0.25, -0.2) is 13.2 Å². The smallest absolute Gasteiger partial charge is 0.474 e. The summed E-state index contributed by atoms with van der Waals surface area (Å²) in [7, 11) is 3.31. The van der Waals surface area contributed by atoms with Crippen LogP contribution in [0.3, 0.4) is 0 Å². The van der Waals surface area contributed by atoms with Gasteiger partial charge in [0.05, 0.1) is 10.8 Å². The standard InChI is InChI=1S/C43H27FO5.C25H18O2.C18H10F2O3.B2F2.BFH2P/c44-31-17-9-27(10-18-31)41(46)39-25-26-40(49-39)42(47)28-11-21-33(22-12-28)48-34-23-15-30(16-24-34)43(29-13-19-32(45)20-14-29)37-7-3-1-5-35(37)36-6-2-4-8-38(36)43;26-19-13-9-17(10-14-19)25(18-11-15-20(27)16-12-18)23-7-3-1-5-21(23)22-6-2-4-8-24(22)25;19-13-5-1-11(2-6-13)17(21)15-9-10-16(23-15)18(22)12-3-7-14(20)8-4-12;1-2(3)4;2-1-3/h1-26,45H;1-16,26-27H;1-10H;;3H2. The third-order valence-electron chi connectivity index (χ3n) is 17.9. The zero-order valence-electron chi connectivity index (χ0n) is 55.8. The van der Waals surface area contributed by atoms with Gasteiger partial charge in [-0.05, 0) is 237 Å². The van der Waals surface area contributed by atoms with E-state index in [9.17, 15) is 60.6 Å². The van der Waals surface area contributed by atoms with Gasteiger partial charge in [0.1, 0.15) is 53.9 Å². The van der Waals surface area contributed by atoms with Crippen molar-refractivity contribution in [2.75, 3.05) is 0 Å². The summed E-state index contributed by atoms with van der Waals surface area (Å²) in [5.74, 6) is -1.25. The van der Waals surface area contributed by atoms with Crippen LogP contribution in [0, 0.1) is 17.5 Å². The lowest BCUT2D eigenvalue weighted by molar-refractivity contribution is 0.0972. The summed E-state index contributed by atoms with van der Waals surface area (Å²) < 4.78 is 86.4. The van der Waals surface area contributed by atoms with E-state index in [1.54, 1.807) is 69.8 Å². The van der Waals surface area contributed by atoms with Crippen LogP contribution in [-0.4, -0.2) is 60.6 Å². The number of carbonyl (C=O) groups is 4. The fourth-order valence-electron chi connectivity index (χ4n) is 13.3. The van der Waals surface area contributed by atoms with Crippen LogP contribution < -0.4 is 4.74 Å². The summed E-state index contributed by atoms with van der Waals surface area (Å²) in [6.07, 6.45) is 0. The Balaban J connectivity index is 0.000000155. The van der Waals surface area contributed by atoms with Crippen LogP contribution in [0.2, 0.25) is 0 Å². The summed E-state index contributed by atoms with van der Waals surface area (Å²) in [6.45, 7) is 0. The van der Waals surface area contributed by atoms with Gasteiger partial charge in [0.25, 0.3) is 0 Å². The van der Waals surface area contributed by atoms with Crippen molar-refractivity contribution >= 4 is 54.4 Å². The highest BCUT2D eigenvalue weighted by molar-refractivity contribution is 7.54. The molecule has 3 radical (unpaired) electrons. The maximum atomic E-state index is 13.3. The molecule has 0 spiro atoms. The number of ketones is 4. The first-order chi connectivity index (χ1) is 51.3. The lowest BCUT2D eigenvalue weighted by Crippen LogP contribution is -2.28. The van der Waals surface area contributed by atoms with Gasteiger partial charge < -0.3 is 33.2 Å². The normalized spacial score (nSPS) is 12.0. The minimum atomic E-state index is -2.67. The van der Waals surface area contributed by atoms with Gasteiger partial charge >= 0.3 is 14.4 Å². The third kappa shape index (κ3) is 15.2. The average molecular weight is 1430 g/mol. The highest BCUT2D eigenvalue weighted by Gasteiger charge is 2.47. The molecular weight excluding hydrogens is 1370 g/mol. The van der Waals surface area contributed by atoms with Crippen molar-refractivity contribution in [1.82, 2.24) is 0 Å². The van der Waals surface area contributed by atoms with Crippen LogP contribution >= 0.6 is 9.12 Å². The molecule has 0 saturated carbocycles. The maximum absolute atomic E-state index is 13.3. The zero-order chi connectivity index (χ0) is 74.7. The number of phenols is 3. The van der Waals surface area contributed by atoms with Gasteiger partial charge in [0.2, 0.25) is 23.1 Å². The zero-order valence-corrected chi connectivity index (χ0v) is 57.0. The molecule has 3 N–H and O–H groups in total. The quantitative estimate of drug-likeness (QED) is 0.0413. The SMILES string of the molecule is F[B]P.O=C(c1ccc(F)cc1)c1ccc(C(=O)c2ccc(F)cc2)o1.O=C(c1ccc(F)cc1)c1ccc(C(=O)c2ccc(Oc3ccc(C4(c5ccc(O)cc5)c5ccccc5-c5ccccc54)cc3)cc2)o1.Oc1ccc(C2(c3ccc(O)cc3)c3ccccc3-c3ccccc32)cc1.[B]B(F)F. The summed E-state index contributed by atoms with van der Waals surface area (Å²) in [5, 5.41) is 29.8. The topological polar surface area (TPSA) is 164 Å². The van der Waals surface area contributed by atoms with Crippen LogP contribution in [0.1, 0.15) is 109 Å². The molecule has 1 unspecified atom stereocenters. The number of rotatable bonds is 14. The summed E-state index contributed by atoms with van der Waals surface area (Å²) >= 11 is 0. The molecule has 106 heavy (non-hydrogen) atoms. The van der Waals surface area contributed by atoms with Gasteiger partial charge in [0, 0.05) is 22.3 Å². The Kier molecular flexibility index (Phi) is 22.3. The summed E-state index contributed by atoms with van der Waals surface area (Å²) in [5.41, 5.74) is 13.8. The molecule has 2 heterocycles. The highest BCUT2D eigenvalue weighted by atomic mass is 31.0. The Morgan fingerprint density at radius 3 is 0.774 bits per heavy atom. The molecule has 0 amide bonds. The van der Waals surface area contributed by atoms with E-state index >= 15 is 0 Å². The van der Waals surface area contributed by atoms with Gasteiger partial charge in [0.15, 0.2) is 23.0 Å². The Bertz CT molecular complexity index is 5240. The maximum Gasteiger partial charge on any atom is 0.474 e. The molecule has 14 aromatic rings. The van der Waals surface area contributed by atoms with Gasteiger partial charge in [-0.2, -0.15) is 0 Å². The number of halogens is 6. The first-order valence-electron chi connectivity index (χ1n) is 32.8. The Labute approximate surface area is 609 Å². The van der Waals surface area contributed by atoms with Gasteiger partial charge in [-0.15, -0.1) is 9.12 Å². The lowest BCUT2D eigenvalue weighted by Gasteiger charge is -2.34.